The first-order chi connectivity index (χ1) is 12.6. The van der Waals surface area contributed by atoms with Gasteiger partial charge in [0.05, 0.1) is 0 Å². The van der Waals surface area contributed by atoms with Crippen molar-refractivity contribution in [2.24, 2.45) is 5.92 Å². The summed E-state index contributed by atoms with van der Waals surface area (Å²) in [6.07, 6.45) is 9.31. The number of hydrogen-bond donors (Lipinski definition) is 2. The third-order valence-corrected chi connectivity index (χ3v) is 4.98. The fourth-order valence-electron chi connectivity index (χ4n) is 3.57. The summed E-state index contributed by atoms with van der Waals surface area (Å²) in [4.78, 5) is 24.4. The third kappa shape index (κ3) is 5.31. The molecular formula is C20H25FN2O3. The van der Waals surface area contributed by atoms with Crippen molar-refractivity contribution in [3.05, 3.63) is 42.2 Å². The van der Waals surface area contributed by atoms with Crippen molar-refractivity contribution in [3.8, 4) is 0 Å². The number of halogens is 1. The summed E-state index contributed by atoms with van der Waals surface area (Å²) in [5.74, 6) is -0.193. The van der Waals surface area contributed by atoms with Crippen LogP contribution < -0.4 is 10.6 Å². The highest BCUT2D eigenvalue weighted by molar-refractivity contribution is 5.84. The Kier molecular flexibility index (Phi) is 6.26. The molecule has 140 valence electrons. The van der Waals surface area contributed by atoms with Gasteiger partial charge in [-0.05, 0) is 62.8 Å². The minimum absolute atomic E-state index is 0.0470. The fraction of sp³-hybridized carbons (Fsp3) is 0.500. The highest BCUT2D eigenvalue weighted by atomic mass is 19.1. The second-order valence-electron chi connectivity index (χ2n) is 7.01. The highest BCUT2D eigenvalue weighted by Gasteiger charge is 2.28. The van der Waals surface area contributed by atoms with E-state index in [1.54, 1.807) is 0 Å². The molecule has 2 amide bonds. The van der Waals surface area contributed by atoms with E-state index in [4.69, 9.17) is 4.74 Å². The Bertz CT molecular complexity index is 660. The molecule has 2 aliphatic carbocycles. The number of ether oxygens (including phenoxy) is 1. The number of allylic oxidation sites excluding steroid dienone is 2. The van der Waals surface area contributed by atoms with Crippen molar-refractivity contribution < 1.29 is 18.7 Å². The molecule has 6 heteroatoms. The first-order valence-corrected chi connectivity index (χ1v) is 9.29. The van der Waals surface area contributed by atoms with Gasteiger partial charge in [0.1, 0.15) is 11.9 Å². The Labute approximate surface area is 153 Å². The van der Waals surface area contributed by atoms with Crippen molar-refractivity contribution >= 4 is 17.7 Å². The van der Waals surface area contributed by atoms with Gasteiger partial charge in [0.2, 0.25) is 5.91 Å². The number of anilines is 1. The molecule has 2 aliphatic rings. The predicted octanol–water partition coefficient (Wildman–Crippen LogP) is 4.16. The van der Waals surface area contributed by atoms with E-state index in [-0.39, 0.29) is 29.8 Å². The van der Waals surface area contributed by atoms with E-state index in [0.717, 1.165) is 38.5 Å². The van der Waals surface area contributed by atoms with Gasteiger partial charge in [0.15, 0.2) is 0 Å². The second kappa shape index (κ2) is 8.83. The van der Waals surface area contributed by atoms with Gasteiger partial charge in [0, 0.05) is 24.1 Å². The van der Waals surface area contributed by atoms with Crippen LogP contribution in [0.2, 0.25) is 0 Å². The lowest BCUT2D eigenvalue weighted by atomic mass is 9.90. The van der Waals surface area contributed by atoms with Crippen LogP contribution in [0.5, 0.6) is 0 Å². The largest absolute Gasteiger partial charge is 0.446 e. The molecule has 0 bridgehead atoms. The summed E-state index contributed by atoms with van der Waals surface area (Å²) >= 11 is 0. The SMILES string of the molecule is O=C(Nc1ccc(F)cc1)O[C@@H]1CCC[C@@H](NC(=O)[C@@H]2CC=CCC2)C1. The van der Waals surface area contributed by atoms with Crippen LogP contribution in [-0.2, 0) is 9.53 Å². The molecule has 0 spiro atoms. The lowest BCUT2D eigenvalue weighted by Gasteiger charge is -2.30. The van der Waals surface area contributed by atoms with Gasteiger partial charge in [0.25, 0.3) is 0 Å². The minimum Gasteiger partial charge on any atom is -0.446 e. The second-order valence-corrected chi connectivity index (χ2v) is 7.01. The number of rotatable bonds is 4. The summed E-state index contributed by atoms with van der Waals surface area (Å²) in [5, 5.41) is 5.72. The zero-order valence-electron chi connectivity index (χ0n) is 14.7. The van der Waals surface area contributed by atoms with Gasteiger partial charge >= 0.3 is 6.09 Å². The zero-order valence-corrected chi connectivity index (χ0v) is 14.7. The lowest BCUT2D eigenvalue weighted by molar-refractivity contribution is -0.126. The number of hydrogen-bond acceptors (Lipinski definition) is 3. The maximum atomic E-state index is 12.9. The zero-order chi connectivity index (χ0) is 18.4. The standard InChI is InChI=1S/C20H25FN2O3/c21-15-9-11-16(12-10-15)23-20(25)26-18-8-4-7-17(13-18)22-19(24)14-5-2-1-3-6-14/h1-2,9-12,14,17-18H,3-8,13H2,(H,22,24)(H,23,25)/t14-,17-,18-/m1/s1. The average molecular weight is 360 g/mol. The Morgan fingerprint density at radius 3 is 2.62 bits per heavy atom. The van der Waals surface area contributed by atoms with E-state index in [2.05, 4.69) is 22.8 Å². The summed E-state index contributed by atoms with van der Waals surface area (Å²) in [6, 6.07) is 5.58. The average Bonchev–Trinajstić information content (AvgIpc) is 2.64. The van der Waals surface area contributed by atoms with Crippen LogP contribution in [0.3, 0.4) is 0 Å². The summed E-state index contributed by atoms with van der Waals surface area (Å²) in [7, 11) is 0. The molecule has 0 aromatic heterocycles. The third-order valence-electron chi connectivity index (χ3n) is 4.98. The molecule has 1 aromatic rings. The predicted molar refractivity (Wildman–Crippen MR) is 97.2 cm³/mol. The van der Waals surface area contributed by atoms with Crippen LogP contribution >= 0.6 is 0 Å². The molecule has 0 radical (unpaired) electrons. The van der Waals surface area contributed by atoms with Crippen LogP contribution in [0.1, 0.15) is 44.9 Å². The molecular weight excluding hydrogens is 335 g/mol. The van der Waals surface area contributed by atoms with Crippen molar-refractivity contribution in [1.29, 1.82) is 0 Å². The Morgan fingerprint density at radius 2 is 1.88 bits per heavy atom. The first-order valence-electron chi connectivity index (χ1n) is 9.29. The van der Waals surface area contributed by atoms with E-state index >= 15 is 0 Å². The number of amides is 2. The molecule has 0 heterocycles. The van der Waals surface area contributed by atoms with E-state index in [9.17, 15) is 14.0 Å². The molecule has 3 atom stereocenters. The van der Waals surface area contributed by atoms with Crippen molar-refractivity contribution in [1.82, 2.24) is 5.32 Å². The topological polar surface area (TPSA) is 67.4 Å². The van der Waals surface area contributed by atoms with E-state index in [0.29, 0.717) is 12.1 Å². The smallest absolute Gasteiger partial charge is 0.411 e. The van der Waals surface area contributed by atoms with Crippen molar-refractivity contribution in [3.63, 3.8) is 0 Å². The van der Waals surface area contributed by atoms with Gasteiger partial charge in [-0.2, -0.15) is 0 Å². The number of benzene rings is 1. The van der Waals surface area contributed by atoms with Gasteiger partial charge in [-0.1, -0.05) is 12.2 Å². The molecule has 0 unspecified atom stereocenters. The number of carbonyl (C=O) groups excluding carboxylic acids is 2. The molecule has 5 nitrogen and oxygen atoms in total. The van der Waals surface area contributed by atoms with E-state index < -0.39 is 6.09 Å². The van der Waals surface area contributed by atoms with Crippen LogP contribution in [0, 0.1) is 11.7 Å². The normalized spacial score (nSPS) is 25.3. The Hall–Kier alpha value is -2.37. The van der Waals surface area contributed by atoms with Gasteiger partial charge in [-0.15, -0.1) is 0 Å². The Balaban J connectivity index is 1.45. The van der Waals surface area contributed by atoms with Crippen molar-refractivity contribution in [2.45, 2.75) is 57.1 Å². The molecule has 1 saturated carbocycles. The minimum atomic E-state index is -0.550. The van der Waals surface area contributed by atoms with Crippen molar-refractivity contribution in [2.75, 3.05) is 5.32 Å². The van der Waals surface area contributed by atoms with Crippen LogP contribution in [-0.4, -0.2) is 24.1 Å². The number of nitrogens with one attached hydrogen (secondary N) is 2. The van der Waals surface area contributed by atoms with E-state index in [1.807, 2.05) is 0 Å². The van der Waals surface area contributed by atoms with E-state index in [1.165, 1.54) is 24.3 Å². The molecule has 0 aliphatic heterocycles. The first kappa shape index (κ1) is 18.4. The molecule has 1 aromatic carbocycles. The number of carbonyl (C=O) groups is 2. The lowest BCUT2D eigenvalue weighted by Crippen LogP contribution is -2.43. The van der Waals surface area contributed by atoms with Gasteiger partial charge < -0.3 is 10.1 Å². The molecule has 3 rings (SSSR count). The maximum absolute atomic E-state index is 12.9. The fourth-order valence-corrected chi connectivity index (χ4v) is 3.57. The summed E-state index contributed by atoms with van der Waals surface area (Å²) < 4.78 is 18.4. The summed E-state index contributed by atoms with van der Waals surface area (Å²) in [6.45, 7) is 0. The monoisotopic (exact) mass is 360 g/mol. The van der Waals surface area contributed by atoms with Gasteiger partial charge in [-0.25, -0.2) is 9.18 Å². The molecule has 1 fully saturated rings. The molecule has 0 saturated heterocycles. The van der Waals surface area contributed by atoms with Crippen LogP contribution in [0.25, 0.3) is 0 Å². The van der Waals surface area contributed by atoms with Crippen LogP contribution in [0.4, 0.5) is 14.9 Å². The quantitative estimate of drug-likeness (QED) is 0.793. The summed E-state index contributed by atoms with van der Waals surface area (Å²) in [5.41, 5.74) is 0.488. The molecule has 26 heavy (non-hydrogen) atoms. The molecule has 2 N–H and O–H groups in total. The maximum Gasteiger partial charge on any atom is 0.411 e. The Morgan fingerprint density at radius 1 is 1.08 bits per heavy atom. The van der Waals surface area contributed by atoms with Gasteiger partial charge in [-0.3, -0.25) is 10.1 Å². The highest BCUT2D eigenvalue weighted by Crippen LogP contribution is 2.24. The van der Waals surface area contributed by atoms with Crippen LogP contribution in [0.15, 0.2) is 36.4 Å².